The molecule has 1 aromatic rings. The van der Waals surface area contributed by atoms with Gasteiger partial charge in [0.25, 0.3) is 0 Å². The van der Waals surface area contributed by atoms with E-state index in [9.17, 15) is 4.57 Å². The number of phosphoric acid groups is 1. The van der Waals surface area contributed by atoms with Gasteiger partial charge in [0.1, 0.15) is 5.75 Å². The van der Waals surface area contributed by atoms with Crippen molar-refractivity contribution in [3.63, 3.8) is 0 Å². The summed E-state index contributed by atoms with van der Waals surface area (Å²) in [5.41, 5.74) is 10.2. The van der Waals surface area contributed by atoms with Crippen LogP contribution in [0.15, 0.2) is 47.9 Å². The molecule has 0 unspecified atom stereocenters. The predicted octanol–water partition coefficient (Wildman–Crippen LogP) is 2.06. The third kappa shape index (κ3) is 4.31. The maximum absolute atomic E-state index is 10.9. The number of hydrogen-bond donors (Lipinski definition) is 3. The lowest BCUT2D eigenvalue weighted by atomic mass is 10.1. The van der Waals surface area contributed by atoms with E-state index in [2.05, 4.69) is 14.6 Å². The lowest BCUT2D eigenvalue weighted by Crippen LogP contribution is -2.13. The van der Waals surface area contributed by atoms with Crippen molar-refractivity contribution < 1.29 is 28.4 Å². The van der Waals surface area contributed by atoms with Gasteiger partial charge >= 0.3 is 13.5 Å². The van der Waals surface area contributed by atoms with Gasteiger partial charge in [-0.25, -0.2) is 4.57 Å². The molecule has 0 bridgehead atoms. The van der Waals surface area contributed by atoms with Gasteiger partial charge < -0.3 is 20.1 Å². The topological polar surface area (TPSA) is 124 Å². The highest BCUT2D eigenvalue weighted by Crippen LogP contribution is 2.40. The van der Waals surface area contributed by atoms with Crippen LogP contribution >= 0.6 is 7.82 Å². The van der Waals surface area contributed by atoms with Crippen molar-refractivity contribution >= 4 is 19.2 Å². The summed E-state index contributed by atoms with van der Waals surface area (Å²) in [6.45, 7) is 0. The first-order valence-electron chi connectivity index (χ1n) is 6.20. The van der Waals surface area contributed by atoms with Crippen molar-refractivity contribution in [3.05, 3.63) is 53.4 Å². The number of nitrogens with zero attached hydrogens (tertiary/aromatic N) is 2. The molecule has 0 atom stereocenters. The fourth-order valence-electron chi connectivity index (χ4n) is 1.82. The molecule has 1 aliphatic rings. The monoisotopic (exact) mass is 323 g/mol. The second kappa shape index (κ2) is 6.60. The zero-order valence-electron chi connectivity index (χ0n) is 11.6. The largest absolute Gasteiger partial charge is 0.525 e. The van der Waals surface area contributed by atoms with E-state index in [1.165, 1.54) is 6.08 Å². The standard InChI is InChI=1S/C13H14N3O5P/c1-20-11-5-2-9(3-6-11)15-10-4-7-12(16-14)13(8-10)21-22(17,18)19/h2-6,8,15H,7H2,1H3,(H2,17,18,19). The Kier molecular flexibility index (Phi) is 4.80. The van der Waals surface area contributed by atoms with E-state index in [1.54, 1.807) is 37.5 Å². The van der Waals surface area contributed by atoms with E-state index < -0.39 is 7.82 Å². The van der Waals surface area contributed by atoms with E-state index >= 15 is 0 Å². The second-order valence-electron chi connectivity index (χ2n) is 4.35. The second-order valence-corrected chi connectivity index (χ2v) is 5.52. The van der Waals surface area contributed by atoms with Gasteiger partial charge in [-0.15, -0.1) is 0 Å². The Morgan fingerprint density at radius 1 is 1.32 bits per heavy atom. The molecule has 0 saturated heterocycles. The third-order valence-corrected chi connectivity index (χ3v) is 3.24. The van der Waals surface area contributed by atoms with Crippen LogP contribution in [-0.2, 0) is 9.09 Å². The van der Waals surface area contributed by atoms with Crippen LogP contribution in [0.1, 0.15) is 6.42 Å². The van der Waals surface area contributed by atoms with Crippen LogP contribution in [0.5, 0.6) is 5.75 Å². The third-order valence-electron chi connectivity index (χ3n) is 2.80. The Morgan fingerprint density at radius 3 is 2.55 bits per heavy atom. The fraction of sp³-hybridized carbons (Fsp3) is 0.154. The SMILES string of the molecule is COc1ccc(NC2=CCC(=[N+]=[N-])C(OP(=O)(O)O)=C2)cc1. The Bertz CT molecular complexity index is 714. The Balaban J connectivity index is 2.19. The van der Waals surface area contributed by atoms with Crippen LogP contribution in [0.25, 0.3) is 5.53 Å². The lowest BCUT2D eigenvalue weighted by Gasteiger charge is -2.14. The average molecular weight is 323 g/mol. The predicted molar refractivity (Wildman–Crippen MR) is 79.2 cm³/mol. The number of phosphoric ester groups is 1. The molecular formula is C13H14N3O5P. The van der Waals surface area contributed by atoms with Gasteiger partial charge in [0.15, 0.2) is 0 Å². The summed E-state index contributed by atoms with van der Waals surface area (Å²) >= 11 is 0. The Hall–Kier alpha value is -2.37. The number of nitrogens with one attached hydrogen (secondary N) is 1. The van der Waals surface area contributed by atoms with Crippen molar-refractivity contribution in [2.45, 2.75) is 6.42 Å². The van der Waals surface area contributed by atoms with E-state index in [-0.39, 0.29) is 17.9 Å². The number of ether oxygens (including phenoxy) is 1. The van der Waals surface area contributed by atoms with Gasteiger partial charge in [-0.2, -0.15) is 4.79 Å². The molecule has 22 heavy (non-hydrogen) atoms. The molecule has 9 heteroatoms. The summed E-state index contributed by atoms with van der Waals surface area (Å²) in [6.07, 6.45) is 3.22. The summed E-state index contributed by atoms with van der Waals surface area (Å²) in [5.74, 6) is 0.522. The van der Waals surface area contributed by atoms with Crippen molar-refractivity contribution in [2.75, 3.05) is 12.4 Å². The van der Waals surface area contributed by atoms with E-state index in [4.69, 9.17) is 20.1 Å². The van der Waals surface area contributed by atoms with Gasteiger partial charge in [0.2, 0.25) is 5.76 Å². The zero-order chi connectivity index (χ0) is 16.2. The number of hydrogen-bond acceptors (Lipinski definition) is 4. The number of allylic oxidation sites excluding steroid dienone is 3. The van der Waals surface area contributed by atoms with Crippen molar-refractivity contribution in [2.24, 2.45) is 0 Å². The first kappa shape index (κ1) is 16.0. The van der Waals surface area contributed by atoms with Gasteiger partial charge in [-0.3, -0.25) is 9.79 Å². The molecular weight excluding hydrogens is 309 g/mol. The molecule has 0 radical (unpaired) electrons. The highest BCUT2D eigenvalue weighted by molar-refractivity contribution is 7.46. The summed E-state index contributed by atoms with van der Waals surface area (Å²) in [7, 11) is -3.17. The first-order chi connectivity index (χ1) is 10.4. The van der Waals surface area contributed by atoms with Crippen LogP contribution < -0.4 is 10.1 Å². The molecule has 0 aliphatic heterocycles. The molecule has 8 nitrogen and oxygen atoms in total. The lowest BCUT2D eigenvalue weighted by molar-refractivity contribution is -0.00996. The normalized spacial score (nSPS) is 14.6. The molecule has 0 saturated carbocycles. The maximum atomic E-state index is 10.9. The zero-order valence-corrected chi connectivity index (χ0v) is 12.5. The molecule has 116 valence electrons. The number of benzene rings is 1. The minimum Gasteiger partial charge on any atom is -0.497 e. The van der Waals surface area contributed by atoms with Gasteiger partial charge in [-0.05, 0) is 30.3 Å². The Labute approximate surface area is 126 Å². The summed E-state index contributed by atoms with van der Waals surface area (Å²) in [4.78, 5) is 20.7. The first-order valence-corrected chi connectivity index (χ1v) is 7.73. The van der Waals surface area contributed by atoms with E-state index in [0.29, 0.717) is 11.4 Å². The summed E-state index contributed by atoms with van der Waals surface area (Å²) in [6, 6.07) is 7.10. The van der Waals surface area contributed by atoms with Crippen LogP contribution in [0, 0.1) is 0 Å². The number of anilines is 1. The molecule has 0 spiro atoms. The molecule has 2 rings (SSSR count). The van der Waals surface area contributed by atoms with Crippen molar-refractivity contribution in [1.29, 1.82) is 0 Å². The molecule has 0 fully saturated rings. The van der Waals surface area contributed by atoms with Crippen LogP contribution in [0.2, 0.25) is 0 Å². The highest BCUT2D eigenvalue weighted by Gasteiger charge is 2.28. The van der Waals surface area contributed by atoms with Crippen molar-refractivity contribution in [3.8, 4) is 5.75 Å². The summed E-state index contributed by atoms with van der Waals surface area (Å²) < 4.78 is 20.5. The molecule has 3 N–H and O–H groups in total. The quantitative estimate of drug-likeness (QED) is 0.433. The molecule has 0 amide bonds. The molecule has 1 aromatic carbocycles. The number of rotatable bonds is 5. The van der Waals surface area contributed by atoms with Gasteiger partial charge in [0.05, 0.1) is 13.5 Å². The van der Waals surface area contributed by atoms with Crippen LogP contribution in [-0.4, -0.2) is 27.4 Å². The van der Waals surface area contributed by atoms with Crippen molar-refractivity contribution in [1.82, 2.24) is 0 Å². The maximum Gasteiger partial charge on any atom is 0.525 e. The fourth-order valence-corrected chi connectivity index (χ4v) is 2.23. The minimum atomic E-state index is -4.74. The van der Waals surface area contributed by atoms with Crippen LogP contribution in [0.3, 0.4) is 0 Å². The highest BCUT2D eigenvalue weighted by atomic mass is 31.2. The van der Waals surface area contributed by atoms with E-state index in [1.807, 2.05) is 0 Å². The smallest absolute Gasteiger partial charge is 0.497 e. The van der Waals surface area contributed by atoms with E-state index in [0.717, 1.165) is 5.69 Å². The molecule has 0 heterocycles. The van der Waals surface area contributed by atoms with Gasteiger partial charge in [-0.1, -0.05) is 0 Å². The van der Waals surface area contributed by atoms with Gasteiger partial charge in [0, 0.05) is 17.5 Å². The average Bonchev–Trinajstić information content (AvgIpc) is 2.47. The summed E-state index contributed by atoms with van der Waals surface area (Å²) in [5, 5.41) is 3.05. The Morgan fingerprint density at radius 2 is 2.00 bits per heavy atom. The minimum absolute atomic E-state index is 0.0311. The number of methoxy groups -OCH3 is 1. The molecule has 1 aliphatic carbocycles. The van der Waals surface area contributed by atoms with Crippen LogP contribution in [0.4, 0.5) is 5.69 Å². The molecule has 0 aromatic heterocycles.